The average molecular weight is 262 g/mol. The minimum Gasteiger partial charge on any atom is -0.508 e. The second kappa shape index (κ2) is 7.51. The highest BCUT2D eigenvalue weighted by Gasteiger charge is 2.13. The quantitative estimate of drug-likeness (QED) is 0.827. The fraction of sp³-hybridized carbons (Fsp3) is 0.625. The number of hydrogen-bond acceptors (Lipinski definition) is 3. The topological polar surface area (TPSA) is 35.5 Å². The van der Waals surface area contributed by atoms with Gasteiger partial charge in [-0.3, -0.25) is 0 Å². The van der Waals surface area contributed by atoms with Crippen LogP contribution in [-0.2, 0) is 6.54 Å². The van der Waals surface area contributed by atoms with Gasteiger partial charge in [-0.15, -0.1) is 0 Å². The van der Waals surface area contributed by atoms with Crippen LogP contribution >= 0.6 is 0 Å². The Bertz CT molecular complexity index is 375. The van der Waals surface area contributed by atoms with E-state index in [0.717, 1.165) is 18.7 Å². The summed E-state index contributed by atoms with van der Waals surface area (Å²) in [6.07, 6.45) is 4.12. The van der Waals surface area contributed by atoms with Crippen LogP contribution in [0.25, 0.3) is 0 Å². The van der Waals surface area contributed by atoms with Crippen molar-refractivity contribution in [3.05, 3.63) is 29.8 Å². The summed E-state index contributed by atoms with van der Waals surface area (Å²) >= 11 is 0. The van der Waals surface area contributed by atoms with Crippen LogP contribution in [-0.4, -0.2) is 36.2 Å². The fourth-order valence-corrected chi connectivity index (χ4v) is 2.76. The smallest absolute Gasteiger partial charge is 0.120 e. The summed E-state index contributed by atoms with van der Waals surface area (Å²) in [5.74, 6) is 1.04. The number of hydrogen-bond donors (Lipinski definition) is 2. The molecule has 1 saturated heterocycles. The van der Waals surface area contributed by atoms with Crippen molar-refractivity contribution in [3.63, 3.8) is 0 Å². The number of piperidine rings is 1. The van der Waals surface area contributed by atoms with Gasteiger partial charge in [0.15, 0.2) is 0 Å². The van der Waals surface area contributed by atoms with E-state index in [4.69, 9.17) is 0 Å². The zero-order valence-corrected chi connectivity index (χ0v) is 11.9. The third-order valence-electron chi connectivity index (χ3n) is 3.82. The van der Waals surface area contributed by atoms with Crippen molar-refractivity contribution in [1.29, 1.82) is 0 Å². The first kappa shape index (κ1) is 14.4. The van der Waals surface area contributed by atoms with E-state index in [9.17, 15) is 5.11 Å². The molecule has 106 valence electrons. The first-order valence-electron chi connectivity index (χ1n) is 7.45. The molecule has 1 aromatic rings. The zero-order valence-electron chi connectivity index (χ0n) is 11.9. The Kier molecular flexibility index (Phi) is 5.67. The lowest BCUT2D eigenvalue weighted by atomic mass is 10.1. The lowest BCUT2D eigenvalue weighted by molar-refractivity contribution is 0.199. The van der Waals surface area contributed by atoms with Crippen molar-refractivity contribution in [1.82, 2.24) is 10.2 Å². The van der Waals surface area contributed by atoms with E-state index in [1.54, 1.807) is 6.07 Å². The lowest BCUT2D eigenvalue weighted by Gasteiger charge is -2.29. The molecular formula is C16H26N2O. The summed E-state index contributed by atoms with van der Waals surface area (Å²) < 4.78 is 0. The summed E-state index contributed by atoms with van der Waals surface area (Å²) in [4.78, 5) is 2.58. The molecule has 1 unspecified atom stereocenters. The molecule has 1 aliphatic rings. The van der Waals surface area contributed by atoms with Crippen molar-refractivity contribution in [2.24, 2.45) is 5.92 Å². The number of rotatable bonds is 6. The van der Waals surface area contributed by atoms with Crippen LogP contribution in [0.5, 0.6) is 5.75 Å². The number of nitrogens with one attached hydrogen (secondary N) is 1. The van der Waals surface area contributed by atoms with Crippen LogP contribution in [0.4, 0.5) is 0 Å². The van der Waals surface area contributed by atoms with E-state index >= 15 is 0 Å². The van der Waals surface area contributed by atoms with Gasteiger partial charge in [0, 0.05) is 18.7 Å². The predicted molar refractivity (Wildman–Crippen MR) is 79.3 cm³/mol. The number of benzene rings is 1. The van der Waals surface area contributed by atoms with Crippen LogP contribution in [0.3, 0.4) is 0 Å². The van der Waals surface area contributed by atoms with Gasteiger partial charge in [0.05, 0.1) is 0 Å². The van der Waals surface area contributed by atoms with Gasteiger partial charge in [0.25, 0.3) is 0 Å². The van der Waals surface area contributed by atoms with Crippen LogP contribution < -0.4 is 5.32 Å². The van der Waals surface area contributed by atoms with Gasteiger partial charge in [0.2, 0.25) is 0 Å². The van der Waals surface area contributed by atoms with Gasteiger partial charge in [0.1, 0.15) is 5.75 Å². The molecule has 1 aliphatic heterocycles. The molecule has 2 rings (SSSR count). The third kappa shape index (κ3) is 4.84. The summed E-state index contributed by atoms with van der Waals surface area (Å²) in [6.45, 7) is 7.77. The summed E-state index contributed by atoms with van der Waals surface area (Å²) in [5, 5.41) is 13.1. The molecule has 0 aromatic heterocycles. The van der Waals surface area contributed by atoms with Gasteiger partial charge in [-0.05, 0) is 44.5 Å². The van der Waals surface area contributed by atoms with Crippen molar-refractivity contribution in [2.45, 2.75) is 32.7 Å². The van der Waals surface area contributed by atoms with Gasteiger partial charge in [-0.25, -0.2) is 0 Å². The third-order valence-corrected chi connectivity index (χ3v) is 3.82. The number of nitrogens with zero attached hydrogens (tertiary/aromatic N) is 1. The van der Waals surface area contributed by atoms with E-state index in [0.29, 0.717) is 11.7 Å². The number of phenols is 1. The van der Waals surface area contributed by atoms with Crippen molar-refractivity contribution < 1.29 is 5.11 Å². The molecule has 2 N–H and O–H groups in total. The first-order valence-corrected chi connectivity index (χ1v) is 7.45. The molecule has 1 heterocycles. The molecule has 0 spiro atoms. The highest BCUT2D eigenvalue weighted by molar-refractivity contribution is 5.31. The van der Waals surface area contributed by atoms with Gasteiger partial charge < -0.3 is 15.3 Å². The van der Waals surface area contributed by atoms with Crippen LogP contribution in [0.15, 0.2) is 24.3 Å². The Morgan fingerprint density at radius 1 is 1.21 bits per heavy atom. The Morgan fingerprint density at radius 3 is 2.68 bits per heavy atom. The second-order valence-electron chi connectivity index (χ2n) is 5.73. The molecule has 1 aromatic carbocycles. The van der Waals surface area contributed by atoms with Gasteiger partial charge >= 0.3 is 0 Å². The lowest BCUT2D eigenvalue weighted by Crippen LogP contribution is -2.36. The summed E-state index contributed by atoms with van der Waals surface area (Å²) in [7, 11) is 0. The minimum absolute atomic E-state index is 0.388. The maximum Gasteiger partial charge on any atom is 0.120 e. The minimum atomic E-state index is 0.388. The van der Waals surface area contributed by atoms with E-state index in [1.165, 1.54) is 38.9 Å². The summed E-state index contributed by atoms with van der Waals surface area (Å²) in [6, 6.07) is 7.54. The first-order chi connectivity index (χ1) is 9.25. The van der Waals surface area contributed by atoms with Crippen LogP contribution in [0.1, 0.15) is 31.7 Å². The van der Waals surface area contributed by atoms with Crippen molar-refractivity contribution in [2.75, 3.05) is 26.2 Å². The number of phenolic OH excluding ortho intramolecular Hbond substituents is 1. The fourth-order valence-electron chi connectivity index (χ4n) is 2.76. The van der Waals surface area contributed by atoms with Crippen molar-refractivity contribution in [3.8, 4) is 5.75 Å². The normalized spacial score (nSPS) is 18.4. The molecule has 3 heteroatoms. The molecule has 0 radical (unpaired) electrons. The zero-order chi connectivity index (χ0) is 13.5. The molecule has 3 nitrogen and oxygen atoms in total. The molecular weight excluding hydrogens is 236 g/mol. The number of para-hydroxylation sites is 1. The van der Waals surface area contributed by atoms with Crippen molar-refractivity contribution >= 4 is 0 Å². The summed E-state index contributed by atoms with van der Waals surface area (Å²) in [5.41, 5.74) is 0.979. The molecule has 0 amide bonds. The number of aromatic hydroxyl groups is 1. The second-order valence-corrected chi connectivity index (χ2v) is 5.73. The van der Waals surface area contributed by atoms with E-state index < -0.39 is 0 Å². The highest BCUT2D eigenvalue weighted by atomic mass is 16.3. The van der Waals surface area contributed by atoms with E-state index in [2.05, 4.69) is 17.1 Å². The van der Waals surface area contributed by atoms with E-state index in [1.807, 2.05) is 18.2 Å². The molecule has 0 bridgehead atoms. The standard InChI is InChI=1S/C16H26N2O/c1-14(13-18-9-5-2-6-10-18)11-17-12-15-7-3-4-8-16(15)19/h3-4,7-8,14,17,19H,2,5-6,9-13H2,1H3. The molecule has 0 saturated carbocycles. The SMILES string of the molecule is CC(CNCc1ccccc1O)CN1CCCCC1. The monoisotopic (exact) mass is 262 g/mol. The maximum atomic E-state index is 9.69. The molecule has 0 aliphatic carbocycles. The number of likely N-dealkylation sites (tertiary alicyclic amines) is 1. The van der Waals surface area contributed by atoms with Crippen LogP contribution in [0, 0.1) is 5.92 Å². The predicted octanol–water partition coefficient (Wildman–Crippen LogP) is 2.60. The Balaban J connectivity index is 1.66. The van der Waals surface area contributed by atoms with Gasteiger partial charge in [-0.1, -0.05) is 31.5 Å². The Labute approximate surface area is 116 Å². The Hall–Kier alpha value is -1.06. The van der Waals surface area contributed by atoms with E-state index in [-0.39, 0.29) is 0 Å². The highest BCUT2D eigenvalue weighted by Crippen LogP contribution is 2.15. The van der Waals surface area contributed by atoms with Crippen LogP contribution in [0.2, 0.25) is 0 Å². The Morgan fingerprint density at radius 2 is 1.95 bits per heavy atom. The van der Waals surface area contributed by atoms with Gasteiger partial charge in [-0.2, -0.15) is 0 Å². The molecule has 19 heavy (non-hydrogen) atoms. The largest absolute Gasteiger partial charge is 0.508 e. The molecule has 1 atom stereocenters. The average Bonchev–Trinajstić information content (AvgIpc) is 2.42. The maximum absolute atomic E-state index is 9.69. The molecule has 1 fully saturated rings.